The number of hydrogen-bond donors (Lipinski definition) is 3. The molecule has 126 valence electrons. The minimum atomic E-state index is 0.241. The van der Waals surface area contributed by atoms with Crippen molar-refractivity contribution in [3.8, 4) is 0 Å². The van der Waals surface area contributed by atoms with E-state index in [1.165, 1.54) is 11.1 Å². The second-order valence-corrected chi connectivity index (χ2v) is 5.93. The number of anilines is 2. The van der Waals surface area contributed by atoms with E-state index in [4.69, 9.17) is 0 Å². The van der Waals surface area contributed by atoms with Gasteiger partial charge in [-0.25, -0.2) is 10.4 Å². The maximum atomic E-state index is 10.4. The highest BCUT2D eigenvalue weighted by Crippen LogP contribution is 2.36. The monoisotopic (exact) mass is 319 g/mol. The second kappa shape index (κ2) is 6.74. The number of likely N-dealkylation sites (N-methyl/N-ethyl adjacent to an activating group) is 1. The van der Waals surface area contributed by atoms with E-state index < -0.39 is 0 Å². The van der Waals surface area contributed by atoms with Crippen LogP contribution in [0.2, 0.25) is 0 Å². The molecule has 0 spiro atoms. The molecule has 0 saturated carbocycles. The van der Waals surface area contributed by atoms with Gasteiger partial charge in [-0.2, -0.15) is 10.2 Å². The predicted molar refractivity (Wildman–Crippen MR) is 90.2 cm³/mol. The zero-order chi connectivity index (χ0) is 16.4. The van der Waals surface area contributed by atoms with Crippen molar-refractivity contribution in [3.05, 3.63) is 23.3 Å². The van der Waals surface area contributed by atoms with E-state index in [0.717, 1.165) is 49.1 Å². The van der Waals surface area contributed by atoms with Gasteiger partial charge in [0.05, 0.1) is 6.54 Å². The Hall–Kier alpha value is -1.83. The minimum absolute atomic E-state index is 0.241. The molecule has 2 aliphatic rings. The van der Waals surface area contributed by atoms with E-state index in [1.54, 1.807) is 0 Å². The molecular formula is C16H25N5O2. The number of nitrogens with one attached hydrogen (secondary N) is 1. The highest BCUT2D eigenvalue weighted by Gasteiger charge is 2.28. The number of rotatable bonds is 5. The number of guanidine groups is 1. The number of aryl methyl sites for hydroxylation is 2. The lowest BCUT2D eigenvalue weighted by molar-refractivity contribution is 0.216. The highest BCUT2D eigenvalue weighted by molar-refractivity contribution is 6.00. The normalized spacial score (nSPS) is 18.4. The molecule has 0 unspecified atom stereocenters. The molecule has 0 saturated heterocycles. The molecule has 1 aromatic carbocycles. The minimum Gasteiger partial charge on any atom is -0.302 e. The first-order chi connectivity index (χ1) is 11.1. The van der Waals surface area contributed by atoms with Crippen LogP contribution in [0, 0.1) is 0 Å². The molecule has 0 atom stereocenters. The van der Waals surface area contributed by atoms with Gasteiger partial charge in [-0.1, -0.05) is 13.8 Å². The van der Waals surface area contributed by atoms with Crippen molar-refractivity contribution >= 4 is 17.3 Å². The molecule has 3 rings (SSSR count). The number of benzene rings is 1. The summed E-state index contributed by atoms with van der Waals surface area (Å²) in [5.41, 5.74) is 6.31. The lowest BCUT2D eigenvalue weighted by Gasteiger charge is -2.33. The highest BCUT2D eigenvalue weighted by atomic mass is 16.6. The van der Waals surface area contributed by atoms with E-state index >= 15 is 0 Å². The smallest absolute Gasteiger partial charge is 0.244 e. The summed E-state index contributed by atoms with van der Waals surface area (Å²) in [7, 11) is 0. The molecule has 1 aliphatic heterocycles. The van der Waals surface area contributed by atoms with Gasteiger partial charge in [-0.05, 0) is 55.6 Å². The fraction of sp³-hybridized carbons (Fsp3) is 0.562. The molecule has 0 aromatic heterocycles. The Morgan fingerprint density at radius 1 is 1.13 bits per heavy atom. The Labute approximate surface area is 136 Å². The van der Waals surface area contributed by atoms with Crippen LogP contribution in [-0.2, 0) is 12.8 Å². The van der Waals surface area contributed by atoms with Crippen molar-refractivity contribution in [1.82, 2.24) is 10.3 Å². The van der Waals surface area contributed by atoms with Gasteiger partial charge in [0.25, 0.3) is 0 Å². The zero-order valence-corrected chi connectivity index (χ0v) is 13.8. The topological polar surface area (TPSA) is 74.6 Å². The summed E-state index contributed by atoms with van der Waals surface area (Å²) in [4.78, 5) is 6.64. The van der Waals surface area contributed by atoms with E-state index in [1.807, 2.05) is 12.1 Å². The number of aliphatic imine (C=N–C) groups is 1. The number of hydroxylamine groups is 1. The molecule has 0 amide bonds. The van der Waals surface area contributed by atoms with Crippen LogP contribution in [0.5, 0.6) is 0 Å². The number of hydrogen-bond acceptors (Lipinski definition) is 5. The van der Waals surface area contributed by atoms with Crippen molar-refractivity contribution in [1.29, 1.82) is 0 Å². The van der Waals surface area contributed by atoms with Gasteiger partial charge in [-0.15, -0.1) is 0 Å². The maximum Gasteiger partial charge on any atom is 0.244 e. The third-order valence-electron chi connectivity index (χ3n) is 4.62. The van der Waals surface area contributed by atoms with E-state index in [2.05, 4.69) is 29.2 Å². The molecular weight excluding hydrogens is 294 g/mol. The van der Waals surface area contributed by atoms with Crippen LogP contribution < -0.4 is 15.7 Å². The molecule has 1 aliphatic carbocycles. The number of hydrazine groups is 1. The largest absolute Gasteiger partial charge is 0.302 e. The van der Waals surface area contributed by atoms with Crippen molar-refractivity contribution in [2.75, 3.05) is 36.4 Å². The zero-order valence-electron chi connectivity index (χ0n) is 13.8. The first-order valence-corrected chi connectivity index (χ1v) is 8.31. The van der Waals surface area contributed by atoms with Crippen molar-refractivity contribution in [3.63, 3.8) is 0 Å². The van der Waals surface area contributed by atoms with Crippen LogP contribution in [0.1, 0.15) is 31.4 Å². The van der Waals surface area contributed by atoms with Gasteiger partial charge in [0, 0.05) is 6.54 Å². The summed E-state index contributed by atoms with van der Waals surface area (Å²) in [5.74, 6) is 0.241. The summed E-state index contributed by atoms with van der Waals surface area (Å²) in [5, 5.41) is 22.6. The van der Waals surface area contributed by atoms with Gasteiger partial charge >= 0.3 is 0 Å². The molecule has 7 nitrogen and oxygen atoms in total. The van der Waals surface area contributed by atoms with Crippen molar-refractivity contribution in [2.45, 2.75) is 33.1 Å². The summed E-state index contributed by atoms with van der Waals surface area (Å²) in [6.45, 7) is 7.53. The molecule has 1 aromatic rings. The summed E-state index contributed by atoms with van der Waals surface area (Å²) < 4.78 is 0. The van der Waals surface area contributed by atoms with Crippen LogP contribution >= 0.6 is 0 Å². The fourth-order valence-electron chi connectivity index (χ4n) is 3.19. The molecule has 0 fully saturated rings. The Bertz CT molecular complexity index is 600. The Balaban J connectivity index is 1.79. The van der Waals surface area contributed by atoms with Gasteiger partial charge in [0.1, 0.15) is 11.4 Å². The summed E-state index contributed by atoms with van der Waals surface area (Å²) >= 11 is 0. The third-order valence-corrected chi connectivity index (χ3v) is 4.62. The average molecular weight is 319 g/mol. The van der Waals surface area contributed by atoms with E-state index in [0.29, 0.717) is 17.9 Å². The first kappa shape index (κ1) is 16.0. The van der Waals surface area contributed by atoms with E-state index in [9.17, 15) is 10.4 Å². The molecule has 1 heterocycles. The number of fused-ring (bicyclic) bond motifs is 2. The Kier molecular flexibility index (Phi) is 4.70. The fourth-order valence-corrected chi connectivity index (χ4v) is 3.19. The Morgan fingerprint density at radius 2 is 1.78 bits per heavy atom. The number of nitrogens with zero attached hydrogens (tertiary/aromatic N) is 4. The van der Waals surface area contributed by atoms with Crippen LogP contribution in [0.25, 0.3) is 0 Å². The van der Waals surface area contributed by atoms with Gasteiger partial charge in [0.2, 0.25) is 5.96 Å². The standard InChI is InChI=1S/C16H25N5O2/c1-3-19(4-2)9-8-17-16-18-21(23)15-11-13-7-5-6-12(13)10-14(15)20(16)22/h10-11,22-23H,3-9H2,1-2H3,(H,17,18). The van der Waals surface area contributed by atoms with Crippen molar-refractivity contribution in [2.24, 2.45) is 4.99 Å². The SMILES string of the molecule is CCN(CC)CCN=C1NN(O)c2cc3c(cc2N1O)CCC3. The van der Waals surface area contributed by atoms with Crippen LogP contribution in [0.15, 0.2) is 17.1 Å². The summed E-state index contributed by atoms with van der Waals surface area (Å²) in [6.07, 6.45) is 3.16. The lowest BCUT2D eigenvalue weighted by Crippen LogP contribution is -2.53. The summed E-state index contributed by atoms with van der Waals surface area (Å²) in [6, 6.07) is 3.88. The van der Waals surface area contributed by atoms with Crippen molar-refractivity contribution < 1.29 is 10.4 Å². The predicted octanol–water partition coefficient (Wildman–Crippen LogP) is 1.78. The molecule has 0 radical (unpaired) electrons. The third kappa shape index (κ3) is 3.12. The molecule has 0 bridgehead atoms. The van der Waals surface area contributed by atoms with Gasteiger partial charge < -0.3 is 4.90 Å². The van der Waals surface area contributed by atoms with E-state index in [-0.39, 0.29) is 5.96 Å². The van der Waals surface area contributed by atoms with Crippen LogP contribution in [-0.4, -0.2) is 47.5 Å². The quantitative estimate of drug-likeness (QED) is 0.768. The molecule has 3 N–H and O–H groups in total. The average Bonchev–Trinajstić information content (AvgIpc) is 3.02. The lowest BCUT2D eigenvalue weighted by atomic mass is 10.1. The first-order valence-electron chi connectivity index (χ1n) is 8.31. The maximum absolute atomic E-state index is 10.4. The molecule has 23 heavy (non-hydrogen) atoms. The van der Waals surface area contributed by atoms with Crippen LogP contribution in [0.3, 0.4) is 0 Å². The van der Waals surface area contributed by atoms with Gasteiger partial charge in [0.15, 0.2) is 0 Å². The second-order valence-electron chi connectivity index (χ2n) is 5.93. The molecule has 7 heteroatoms. The Morgan fingerprint density at radius 3 is 2.43 bits per heavy atom. The van der Waals surface area contributed by atoms with Gasteiger partial charge in [-0.3, -0.25) is 10.4 Å². The van der Waals surface area contributed by atoms with Crippen LogP contribution in [0.4, 0.5) is 11.4 Å².